The molecule has 1 aromatic heterocycles. The third-order valence-corrected chi connectivity index (χ3v) is 4.27. The normalized spacial score (nSPS) is 23.9. The minimum atomic E-state index is 0.679. The Morgan fingerprint density at radius 2 is 2.16 bits per heavy atom. The van der Waals surface area contributed by atoms with E-state index in [0.29, 0.717) is 11.9 Å². The first kappa shape index (κ1) is 14.3. The summed E-state index contributed by atoms with van der Waals surface area (Å²) >= 11 is 0. The molecular weight excluding hydrogens is 236 g/mol. The molecule has 0 saturated heterocycles. The molecule has 2 unspecified atom stereocenters. The molecule has 0 aromatic carbocycles. The van der Waals surface area contributed by atoms with Crippen LogP contribution in [-0.2, 0) is 6.54 Å². The van der Waals surface area contributed by atoms with E-state index in [1.165, 1.54) is 44.1 Å². The van der Waals surface area contributed by atoms with Gasteiger partial charge < -0.3 is 10.1 Å². The number of methoxy groups -OCH3 is 1. The first-order chi connectivity index (χ1) is 9.31. The molecule has 0 bridgehead atoms. The zero-order valence-electron chi connectivity index (χ0n) is 12.2. The monoisotopic (exact) mass is 262 g/mol. The topological polar surface area (TPSA) is 34.1 Å². The van der Waals surface area contributed by atoms with Crippen LogP contribution in [0.25, 0.3) is 0 Å². The summed E-state index contributed by atoms with van der Waals surface area (Å²) in [5.41, 5.74) is 1.23. The molecule has 1 aromatic rings. The lowest BCUT2D eigenvalue weighted by Crippen LogP contribution is -2.28. The summed E-state index contributed by atoms with van der Waals surface area (Å²) in [7, 11) is 1.65. The average molecular weight is 262 g/mol. The summed E-state index contributed by atoms with van der Waals surface area (Å²) in [6.07, 6.45) is 10.1. The first-order valence-corrected chi connectivity index (χ1v) is 7.54. The Labute approximate surface area is 116 Å². The quantitative estimate of drug-likeness (QED) is 0.824. The van der Waals surface area contributed by atoms with Gasteiger partial charge in [-0.2, -0.15) is 0 Å². The maximum atomic E-state index is 5.07. The summed E-state index contributed by atoms with van der Waals surface area (Å²) in [5, 5.41) is 3.68. The Balaban J connectivity index is 1.77. The van der Waals surface area contributed by atoms with Crippen molar-refractivity contribution < 1.29 is 4.74 Å². The molecule has 1 N–H and O–H groups in total. The van der Waals surface area contributed by atoms with Gasteiger partial charge in [-0.3, -0.25) is 0 Å². The molecule has 0 radical (unpaired) electrons. The molecule has 0 amide bonds. The molecule has 2 rings (SSSR count). The molecule has 106 valence electrons. The van der Waals surface area contributed by atoms with Gasteiger partial charge in [-0.05, 0) is 30.7 Å². The lowest BCUT2D eigenvalue weighted by Gasteiger charge is -2.16. The number of ether oxygens (including phenoxy) is 1. The van der Waals surface area contributed by atoms with Crippen LogP contribution in [0.5, 0.6) is 5.88 Å². The molecule has 1 saturated carbocycles. The van der Waals surface area contributed by atoms with E-state index in [1.807, 2.05) is 12.3 Å². The maximum absolute atomic E-state index is 5.07. The predicted molar refractivity (Wildman–Crippen MR) is 78.3 cm³/mol. The van der Waals surface area contributed by atoms with Crippen LogP contribution in [0.1, 0.15) is 51.0 Å². The predicted octanol–water partition coefficient (Wildman–Crippen LogP) is 3.54. The van der Waals surface area contributed by atoms with Crippen molar-refractivity contribution in [1.82, 2.24) is 10.3 Å². The number of nitrogens with zero attached hydrogens (tertiary/aromatic N) is 1. The van der Waals surface area contributed by atoms with Crippen molar-refractivity contribution in [2.24, 2.45) is 5.92 Å². The smallest absolute Gasteiger partial charge is 0.212 e. The highest BCUT2D eigenvalue weighted by Crippen LogP contribution is 2.25. The van der Waals surface area contributed by atoms with E-state index >= 15 is 0 Å². The van der Waals surface area contributed by atoms with Crippen LogP contribution in [0.15, 0.2) is 18.3 Å². The minimum absolute atomic E-state index is 0.679. The number of hydrogen-bond donors (Lipinski definition) is 1. The lowest BCUT2D eigenvalue weighted by atomic mass is 9.98. The van der Waals surface area contributed by atoms with Crippen molar-refractivity contribution >= 4 is 0 Å². The molecular formula is C16H26N2O. The number of hydrogen-bond acceptors (Lipinski definition) is 3. The SMILES string of the molecule is CCC1CCCC(NCc2ccc(OC)nc2)CC1. The van der Waals surface area contributed by atoms with Crippen LogP contribution in [0.4, 0.5) is 0 Å². The van der Waals surface area contributed by atoms with Gasteiger partial charge in [0.15, 0.2) is 0 Å². The minimum Gasteiger partial charge on any atom is -0.481 e. The van der Waals surface area contributed by atoms with Gasteiger partial charge >= 0.3 is 0 Å². The van der Waals surface area contributed by atoms with Crippen molar-refractivity contribution in [2.45, 2.75) is 58.0 Å². The number of nitrogens with one attached hydrogen (secondary N) is 1. The summed E-state index contributed by atoms with van der Waals surface area (Å²) in [5.74, 6) is 1.64. The van der Waals surface area contributed by atoms with E-state index in [1.54, 1.807) is 7.11 Å². The van der Waals surface area contributed by atoms with Gasteiger partial charge in [-0.15, -0.1) is 0 Å². The second kappa shape index (κ2) is 7.49. The Bertz CT molecular complexity index is 364. The zero-order valence-corrected chi connectivity index (χ0v) is 12.2. The van der Waals surface area contributed by atoms with E-state index in [9.17, 15) is 0 Å². The largest absolute Gasteiger partial charge is 0.481 e. The number of rotatable bonds is 5. The third kappa shape index (κ3) is 4.50. The molecule has 0 aliphatic heterocycles. The Hall–Kier alpha value is -1.09. The van der Waals surface area contributed by atoms with E-state index in [2.05, 4.69) is 23.3 Å². The molecule has 19 heavy (non-hydrogen) atoms. The second-order valence-corrected chi connectivity index (χ2v) is 5.57. The average Bonchev–Trinajstić information content (AvgIpc) is 2.70. The Morgan fingerprint density at radius 3 is 2.84 bits per heavy atom. The fourth-order valence-electron chi connectivity index (χ4n) is 2.89. The first-order valence-electron chi connectivity index (χ1n) is 7.54. The van der Waals surface area contributed by atoms with Crippen molar-refractivity contribution in [1.29, 1.82) is 0 Å². The van der Waals surface area contributed by atoms with Crippen LogP contribution >= 0.6 is 0 Å². The molecule has 1 aliphatic carbocycles. The number of aromatic nitrogens is 1. The molecule has 1 aliphatic rings. The van der Waals surface area contributed by atoms with Crippen molar-refractivity contribution in [3.8, 4) is 5.88 Å². The third-order valence-electron chi connectivity index (χ3n) is 4.27. The molecule has 3 nitrogen and oxygen atoms in total. The molecule has 1 heterocycles. The van der Waals surface area contributed by atoms with Crippen LogP contribution < -0.4 is 10.1 Å². The van der Waals surface area contributed by atoms with Gasteiger partial charge in [-0.25, -0.2) is 4.98 Å². The standard InChI is InChI=1S/C16H26N2O/c1-3-13-5-4-6-15(9-7-13)17-11-14-8-10-16(19-2)18-12-14/h8,10,12-13,15,17H,3-7,9,11H2,1-2H3. The van der Waals surface area contributed by atoms with Gasteiger partial charge in [0.25, 0.3) is 0 Å². The van der Waals surface area contributed by atoms with Crippen molar-refractivity contribution in [2.75, 3.05) is 7.11 Å². The van der Waals surface area contributed by atoms with E-state index < -0.39 is 0 Å². The highest BCUT2D eigenvalue weighted by atomic mass is 16.5. The maximum Gasteiger partial charge on any atom is 0.212 e. The molecule has 3 heteroatoms. The van der Waals surface area contributed by atoms with E-state index in [-0.39, 0.29) is 0 Å². The fraction of sp³-hybridized carbons (Fsp3) is 0.688. The van der Waals surface area contributed by atoms with Gasteiger partial charge in [-0.1, -0.05) is 32.3 Å². The van der Waals surface area contributed by atoms with Crippen LogP contribution in [0.3, 0.4) is 0 Å². The highest BCUT2D eigenvalue weighted by Gasteiger charge is 2.17. The van der Waals surface area contributed by atoms with Crippen LogP contribution in [-0.4, -0.2) is 18.1 Å². The highest BCUT2D eigenvalue weighted by molar-refractivity contribution is 5.17. The summed E-state index contributed by atoms with van der Waals surface area (Å²) in [6.45, 7) is 3.24. The zero-order chi connectivity index (χ0) is 13.5. The fourth-order valence-corrected chi connectivity index (χ4v) is 2.89. The second-order valence-electron chi connectivity index (χ2n) is 5.57. The van der Waals surface area contributed by atoms with Gasteiger partial charge in [0.2, 0.25) is 5.88 Å². The molecule has 2 atom stereocenters. The van der Waals surface area contributed by atoms with Crippen LogP contribution in [0, 0.1) is 5.92 Å². The van der Waals surface area contributed by atoms with Gasteiger partial charge in [0.1, 0.15) is 0 Å². The van der Waals surface area contributed by atoms with Crippen molar-refractivity contribution in [3.05, 3.63) is 23.9 Å². The number of pyridine rings is 1. The van der Waals surface area contributed by atoms with Gasteiger partial charge in [0, 0.05) is 24.8 Å². The van der Waals surface area contributed by atoms with Gasteiger partial charge in [0.05, 0.1) is 7.11 Å². The van der Waals surface area contributed by atoms with E-state index in [4.69, 9.17) is 4.74 Å². The summed E-state index contributed by atoms with van der Waals surface area (Å²) in [4.78, 5) is 4.24. The Kier molecular flexibility index (Phi) is 5.64. The van der Waals surface area contributed by atoms with E-state index in [0.717, 1.165) is 12.5 Å². The lowest BCUT2D eigenvalue weighted by molar-refractivity contribution is 0.397. The molecule has 0 spiro atoms. The summed E-state index contributed by atoms with van der Waals surface area (Å²) < 4.78 is 5.07. The molecule has 1 fully saturated rings. The van der Waals surface area contributed by atoms with Crippen molar-refractivity contribution in [3.63, 3.8) is 0 Å². The van der Waals surface area contributed by atoms with Crippen LogP contribution in [0.2, 0.25) is 0 Å². The summed E-state index contributed by atoms with van der Waals surface area (Å²) in [6, 6.07) is 4.69. The Morgan fingerprint density at radius 1 is 1.26 bits per heavy atom.